The third kappa shape index (κ3) is 6.49. The lowest BCUT2D eigenvalue weighted by atomic mass is 10.5. The van der Waals surface area contributed by atoms with Crippen molar-refractivity contribution in [1.29, 1.82) is 0 Å². The molecule has 0 unspecified atom stereocenters. The van der Waals surface area contributed by atoms with Crippen LogP contribution in [-0.4, -0.2) is 29.5 Å². The zero-order chi connectivity index (χ0) is 5.54. The van der Waals surface area contributed by atoms with Gasteiger partial charge >= 0.3 is 0 Å². The summed E-state index contributed by atoms with van der Waals surface area (Å²) in [6.07, 6.45) is 1.15. The highest BCUT2D eigenvalue weighted by molar-refractivity contribution is 6.08. The van der Waals surface area contributed by atoms with Crippen LogP contribution in [0.3, 0.4) is 0 Å². The van der Waals surface area contributed by atoms with Gasteiger partial charge in [-0.3, -0.25) is 0 Å². The summed E-state index contributed by atoms with van der Waals surface area (Å²) in [5.74, 6) is 0. The van der Waals surface area contributed by atoms with Gasteiger partial charge in [-0.1, -0.05) is 12.2 Å². The first-order valence-electron chi connectivity index (χ1n) is 2.99. The van der Waals surface area contributed by atoms with Gasteiger partial charge < -0.3 is 4.74 Å². The summed E-state index contributed by atoms with van der Waals surface area (Å²) in [7, 11) is 0. The smallest absolute Gasteiger partial charge is 0.215 e. The van der Waals surface area contributed by atoms with Crippen molar-refractivity contribution < 1.29 is 4.74 Å². The van der Waals surface area contributed by atoms with Gasteiger partial charge in [0.05, 0.1) is 0 Å². The van der Waals surface area contributed by atoms with Crippen LogP contribution in [0.5, 0.6) is 0 Å². The van der Waals surface area contributed by atoms with E-state index in [9.17, 15) is 0 Å². The molecule has 7 heavy (non-hydrogen) atoms. The van der Waals surface area contributed by atoms with Crippen LogP contribution in [0.15, 0.2) is 0 Å². The molecule has 0 aliphatic carbocycles. The lowest BCUT2D eigenvalue weighted by molar-refractivity contribution is 0.148. The van der Waals surface area contributed by atoms with E-state index >= 15 is 0 Å². The van der Waals surface area contributed by atoms with Crippen molar-refractivity contribution in [3.8, 4) is 0 Å². The second-order valence-electron chi connectivity index (χ2n) is 1.61. The van der Waals surface area contributed by atoms with Crippen LogP contribution < -0.4 is 0 Å². The molecule has 1 nitrogen and oxygen atoms in total. The lowest BCUT2D eigenvalue weighted by Crippen LogP contribution is -1.93. The van der Waals surface area contributed by atoms with E-state index in [1.807, 2.05) is 0 Å². The van der Waals surface area contributed by atoms with Gasteiger partial charge in [0.1, 0.15) is 0 Å². The Morgan fingerprint density at radius 2 is 2.14 bits per heavy atom. The lowest BCUT2D eigenvalue weighted by Gasteiger charge is -1.95. The maximum absolute atomic E-state index is 5.17. The highest BCUT2D eigenvalue weighted by atomic mass is 27.0. The molecule has 0 saturated heterocycles. The first-order chi connectivity index (χ1) is 3.41. The van der Waals surface area contributed by atoms with Crippen LogP contribution in [0, 0.1) is 0 Å². The van der Waals surface area contributed by atoms with Crippen molar-refractivity contribution in [3.05, 3.63) is 0 Å². The molecule has 0 N–H and O–H groups in total. The molecule has 0 heterocycles. The molecule has 42 valence electrons. The Balaban J connectivity index is 2.45. The molecule has 0 aliphatic rings. The Kier molecular flexibility index (Phi) is 6.95. The van der Waals surface area contributed by atoms with Gasteiger partial charge in [0.2, 0.25) is 16.3 Å². The molecule has 0 amide bonds. The van der Waals surface area contributed by atoms with Crippen molar-refractivity contribution in [2.75, 3.05) is 13.2 Å². The zero-order valence-corrected chi connectivity index (χ0v) is 7.24. The maximum Gasteiger partial charge on any atom is 0.215 e. The van der Waals surface area contributed by atoms with E-state index < -0.39 is 0 Å². The van der Waals surface area contributed by atoms with Crippen LogP contribution in [0.1, 0.15) is 13.3 Å². The summed E-state index contributed by atoms with van der Waals surface area (Å²) in [6.45, 7) is 4.06. The second-order valence-corrected chi connectivity index (χ2v) is 2.61. The van der Waals surface area contributed by atoms with Crippen LogP contribution in [0.4, 0.5) is 0 Å². The summed E-state index contributed by atoms with van der Waals surface area (Å²) in [5.41, 5.74) is 0. The normalized spacial score (nSPS) is 9.29. The molecule has 0 bridgehead atoms. The van der Waals surface area contributed by atoms with Crippen molar-refractivity contribution in [3.63, 3.8) is 0 Å². The molecule has 0 atom stereocenters. The quantitative estimate of drug-likeness (QED) is 0.383. The molecule has 0 saturated carbocycles. The minimum Gasteiger partial charge on any atom is -0.383 e. The molecule has 0 aliphatic heterocycles. The number of hydrogen-bond acceptors (Lipinski definition) is 1. The largest absolute Gasteiger partial charge is 0.383 e. The summed E-state index contributed by atoms with van der Waals surface area (Å²) < 4.78 is 5.17. The second kappa shape index (κ2) is 6.49. The van der Waals surface area contributed by atoms with Gasteiger partial charge in [0, 0.05) is 13.2 Å². The number of ether oxygens (including phenoxy) is 1. The first-order valence-corrected chi connectivity index (χ1v) is 4.41. The van der Waals surface area contributed by atoms with E-state index in [1.54, 1.807) is 0 Å². The Morgan fingerprint density at radius 1 is 1.43 bits per heavy atom. The topological polar surface area (TPSA) is 9.23 Å². The Bertz CT molecular complexity index is 27.3. The third-order valence-electron chi connectivity index (χ3n) is 0.697. The Labute approximate surface area is 53.5 Å². The number of hydrogen-bond donors (Lipinski definition) is 0. The average molecular weight is 116 g/mol. The summed E-state index contributed by atoms with van der Waals surface area (Å²) >= 11 is 1.28. The SMILES string of the molecule is CCCOC[CH2][AlH2]. The van der Waals surface area contributed by atoms with Crippen LogP contribution in [0.25, 0.3) is 0 Å². The fourth-order valence-corrected chi connectivity index (χ4v) is 0.679. The van der Waals surface area contributed by atoms with E-state index in [4.69, 9.17) is 4.74 Å². The fourth-order valence-electron chi connectivity index (χ4n) is 0.391. The van der Waals surface area contributed by atoms with Crippen molar-refractivity contribution in [2.45, 2.75) is 18.6 Å². The minimum atomic E-state index is 0.947. The predicted octanol–water partition coefficient (Wildman–Crippen LogP) is 0.464. The zero-order valence-electron chi connectivity index (χ0n) is 5.24. The molecule has 0 spiro atoms. The standard InChI is InChI=1S/C5H11O.Al.2H/c1-3-5-6-4-2;;;/h2-5H2,1H3;;;. The van der Waals surface area contributed by atoms with Crippen LogP contribution in [0.2, 0.25) is 5.28 Å². The molecule has 2 heteroatoms. The highest BCUT2D eigenvalue weighted by Crippen LogP contribution is 1.80. The predicted molar refractivity (Wildman–Crippen MR) is 34.5 cm³/mol. The van der Waals surface area contributed by atoms with E-state index in [0.29, 0.717) is 0 Å². The molecule has 0 aromatic carbocycles. The summed E-state index contributed by atoms with van der Waals surface area (Å²) in [4.78, 5) is 0. The van der Waals surface area contributed by atoms with E-state index in [2.05, 4.69) is 6.92 Å². The maximum atomic E-state index is 5.17. The van der Waals surface area contributed by atoms with Crippen LogP contribution >= 0.6 is 0 Å². The monoisotopic (exact) mass is 116 g/mol. The molecule has 0 aromatic rings. The van der Waals surface area contributed by atoms with Crippen molar-refractivity contribution in [2.24, 2.45) is 0 Å². The molecular formula is C5H13AlO. The van der Waals surface area contributed by atoms with E-state index in [-0.39, 0.29) is 0 Å². The van der Waals surface area contributed by atoms with Crippen LogP contribution in [-0.2, 0) is 4.74 Å². The molecule has 0 radical (unpaired) electrons. The Morgan fingerprint density at radius 3 is 2.57 bits per heavy atom. The molecule has 0 aromatic heterocycles. The Hall–Kier alpha value is 0.492. The molecule has 0 rings (SSSR count). The van der Waals surface area contributed by atoms with Gasteiger partial charge in [-0.05, 0) is 6.42 Å². The van der Waals surface area contributed by atoms with Gasteiger partial charge in [-0.2, -0.15) is 0 Å². The van der Waals surface area contributed by atoms with Crippen molar-refractivity contribution in [1.82, 2.24) is 0 Å². The molecule has 0 fully saturated rings. The van der Waals surface area contributed by atoms with Gasteiger partial charge in [0.25, 0.3) is 0 Å². The van der Waals surface area contributed by atoms with E-state index in [1.165, 1.54) is 21.6 Å². The van der Waals surface area contributed by atoms with Crippen molar-refractivity contribution >= 4 is 16.3 Å². The third-order valence-corrected chi connectivity index (χ3v) is 1.11. The van der Waals surface area contributed by atoms with E-state index in [0.717, 1.165) is 19.6 Å². The van der Waals surface area contributed by atoms with Gasteiger partial charge in [-0.25, -0.2) is 0 Å². The van der Waals surface area contributed by atoms with Gasteiger partial charge in [-0.15, -0.1) is 0 Å². The first kappa shape index (κ1) is 7.49. The summed E-state index contributed by atoms with van der Waals surface area (Å²) in [5, 5.41) is 1.28. The molecular weight excluding hydrogens is 103 g/mol. The highest BCUT2D eigenvalue weighted by Gasteiger charge is 1.78. The minimum absolute atomic E-state index is 0.947. The van der Waals surface area contributed by atoms with Gasteiger partial charge in [0.15, 0.2) is 0 Å². The fraction of sp³-hybridized carbons (Fsp3) is 1.00. The number of rotatable bonds is 4. The average Bonchev–Trinajstić information content (AvgIpc) is 1.69. The summed E-state index contributed by atoms with van der Waals surface area (Å²) in [6, 6.07) is 0.